The van der Waals surface area contributed by atoms with Gasteiger partial charge in [0.2, 0.25) is 0 Å². The van der Waals surface area contributed by atoms with Crippen LogP contribution in [-0.4, -0.2) is 30.6 Å². The van der Waals surface area contributed by atoms with Crippen molar-refractivity contribution in [1.29, 1.82) is 0 Å². The van der Waals surface area contributed by atoms with E-state index in [-0.39, 0.29) is 0 Å². The molecule has 0 radical (unpaired) electrons. The lowest BCUT2D eigenvalue weighted by molar-refractivity contribution is 0.0482. The van der Waals surface area contributed by atoms with Crippen LogP contribution in [0.3, 0.4) is 0 Å². The van der Waals surface area contributed by atoms with Gasteiger partial charge >= 0.3 is 0 Å². The van der Waals surface area contributed by atoms with Gasteiger partial charge in [0.25, 0.3) is 0 Å². The van der Waals surface area contributed by atoms with E-state index in [0.29, 0.717) is 11.5 Å². The third-order valence-corrected chi connectivity index (χ3v) is 5.96. The van der Waals surface area contributed by atoms with Crippen molar-refractivity contribution in [2.24, 2.45) is 23.0 Å². The van der Waals surface area contributed by atoms with Gasteiger partial charge in [0.1, 0.15) is 0 Å². The molecule has 1 unspecified atom stereocenters. The van der Waals surface area contributed by atoms with Crippen LogP contribution >= 0.6 is 0 Å². The molecule has 0 aromatic carbocycles. The molecule has 0 bridgehead atoms. The van der Waals surface area contributed by atoms with Crippen LogP contribution in [0.15, 0.2) is 0 Å². The van der Waals surface area contributed by atoms with Crippen molar-refractivity contribution in [3.63, 3.8) is 0 Å². The molecule has 2 nitrogen and oxygen atoms in total. The molecule has 0 saturated heterocycles. The number of hydrogen-bond acceptors (Lipinski definition) is 2. The van der Waals surface area contributed by atoms with Gasteiger partial charge in [0.15, 0.2) is 0 Å². The van der Waals surface area contributed by atoms with Crippen molar-refractivity contribution in [3.05, 3.63) is 0 Å². The zero-order chi connectivity index (χ0) is 14.0. The summed E-state index contributed by atoms with van der Waals surface area (Å²) in [5, 5.41) is 0. The Morgan fingerprint density at radius 2 is 1.63 bits per heavy atom. The monoisotopic (exact) mass is 266 g/mol. The van der Waals surface area contributed by atoms with E-state index in [1.165, 1.54) is 44.9 Å². The van der Waals surface area contributed by atoms with Gasteiger partial charge in [-0.2, -0.15) is 0 Å². The summed E-state index contributed by atoms with van der Waals surface area (Å²) in [5.74, 6) is 1.75. The van der Waals surface area contributed by atoms with Gasteiger partial charge in [-0.3, -0.25) is 4.90 Å². The molecule has 0 aromatic rings. The van der Waals surface area contributed by atoms with Crippen molar-refractivity contribution < 1.29 is 0 Å². The van der Waals surface area contributed by atoms with Crippen molar-refractivity contribution >= 4 is 0 Å². The van der Waals surface area contributed by atoms with Crippen LogP contribution < -0.4 is 5.73 Å². The first-order chi connectivity index (χ1) is 8.93. The lowest BCUT2D eigenvalue weighted by Gasteiger charge is -2.46. The Hall–Kier alpha value is -0.0800. The molecule has 2 heteroatoms. The maximum absolute atomic E-state index is 6.10. The van der Waals surface area contributed by atoms with Crippen LogP contribution in [0, 0.1) is 17.3 Å². The Bertz CT molecular complexity index is 269. The van der Waals surface area contributed by atoms with Crippen LogP contribution in [0.5, 0.6) is 0 Å². The molecule has 2 fully saturated rings. The second-order valence-corrected chi connectivity index (χ2v) is 8.03. The summed E-state index contributed by atoms with van der Waals surface area (Å²) in [5.41, 5.74) is 6.59. The SMILES string of the molecule is CN(C1CCC1)C(CN)C1CCC(C(C)(C)C)CC1. The smallest absolute Gasteiger partial charge is 0.0246 e. The lowest BCUT2D eigenvalue weighted by Crippen LogP contribution is -2.51. The molecule has 2 rings (SSSR count). The molecule has 0 aromatic heterocycles. The normalized spacial score (nSPS) is 31.3. The molecule has 2 saturated carbocycles. The molecule has 19 heavy (non-hydrogen) atoms. The number of rotatable bonds is 4. The Morgan fingerprint density at radius 1 is 1.05 bits per heavy atom. The van der Waals surface area contributed by atoms with Crippen molar-refractivity contribution in [2.75, 3.05) is 13.6 Å². The standard InChI is InChI=1S/C17H34N2/c1-17(2,3)14-10-8-13(9-11-14)16(12-18)19(4)15-6-5-7-15/h13-16H,5-12,18H2,1-4H3. The second kappa shape index (κ2) is 6.13. The number of nitrogens with two attached hydrogens (primary N) is 1. The van der Waals surface area contributed by atoms with Crippen LogP contribution in [0.1, 0.15) is 65.7 Å². The Morgan fingerprint density at radius 3 is 2.00 bits per heavy atom. The van der Waals surface area contributed by atoms with E-state index in [2.05, 4.69) is 32.7 Å². The Balaban J connectivity index is 1.87. The van der Waals surface area contributed by atoms with E-state index in [9.17, 15) is 0 Å². The summed E-state index contributed by atoms with van der Waals surface area (Å²) in [6, 6.07) is 1.46. The molecule has 0 amide bonds. The second-order valence-electron chi connectivity index (χ2n) is 8.03. The van der Waals surface area contributed by atoms with E-state index >= 15 is 0 Å². The average molecular weight is 266 g/mol. The minimum absolute atomic E-state index is 0.489. The molecular formula is C17H34N2. The van der Waals surface area contributed by atoms with Gasteiger partial charge in [0, 0.05) is 18.6 Å². The van der Waals surface area contributed by atoms with Crippen molar-refractivity contribution in [3.8, 4) is 0 Å². The topological polar surface area (TPSA) is 29.3 Å². The molecular weight excluding hydrogens is 232 g/mol. The van der Waals surface area contributed by atoms with E-state index in [1.807, 2.05) is 0 Å². The Labute approximate surface area is 120 Å². The predicted molar refractivity (Wildman–Crippen MR) is 83.1 cm³/mol. The third-order valence-electron chi connectivity index (χ3n) is 5.96. The summed E-state index contributed by atoms with van der Waals surface area (Å²) in [4.78, 5) is 2.62. The number of nitrogens with zero attached hydrogens (tertiary/aromatic N) is 1. The van der Waals surface area contributed by atoms with Crippen LogP contribution in [0.25, 0.3) is 0 Å². The van der Waals surface area contributed by atoms with Gasteiger partial charge in [-0.1, -0.05) is 27.2 Å². The minimum atomic E-state index is 0.489. The van der Waals surface area contributed by atoms with Gasteiger partial charge in [-0.05, 0) is 62.8 Å². The van der Waals surface area contributed by atoms with E-state index in [4.69, 9.17) is 5.73 Å². The van der Waals surface area contributed by atoms with Gasteiger partial charge in [-0.25, -0.2) is 0 Å². The maximum atomic E-state index is 6.10. The quantitative estimate of drug-likeness (QED) is 0.841. The summed E-state index contributed by atoms with van der Waals surface area (Å²) in [6.07, 6.45) is 9.80. The molecule has 112 valence electrons. The fourth-order valence-electron chi connectivity index (χ4n) is 4.13. The van der Waals surface area contributed by atoms with Crippen LogP contribution in [-0.2, 0) is 0 Å². The van der Waals surface area contributed by atoms with Gasteiger partial charge < -0.3 is 5.73 Å². The van der Waals surface area contributed by atoms with E-state index in [1.54, 1.807) is 0 Å². The van der Waals surface area contributed by atoms with Crippen LogP contribution in [0.2, 0.25) is 0 Å². The van der Waals surface area contributed by atoms with Gasteiger partial charge in [-0.15, -0.1) is 0 Å². The highest BCUT2D eigenvalue weighted by Gasteiger charge is 2.36. The zero-order valence-electron chi connectivity index (χ0n) is 13.5. The first-order valence-corrected chi connectivity index (χ1v) is 8.35. The Kier molecular flexibility index (Phi) is 4.94. The van der Waals surface area contributed by atoms with E-state index in [0.717, 1.165) is 24.4 Å². The molecule has 2 aliphatic rings. The van der Waals surface area contributed by atoms with E-state index < -0.39 is 0 Å². The maximum Gasteiger partial charge on any atom is 0.0246 e. The predicted octanol–water partition coefficient (Wildman–Crippen LogP) is 3.65. The van der Waals surface area contributed by atoms with Crippen LogP contribution in [0.4, 0.5) is 0 Å². The molecule has 0 spiro atoms. The highest BCUT2D eigenvalue weighted by atomic mass is 15.2. The number of likely N-dealkylation sites (N-methyl/N-ethyl adjacent to an activating group) is 1. The third kappa shape index (κ3) is 3.52. The average Bonchev–Trinajstić information content (AvgIpc) is 2.27. The fourth-order valence-corrected chi connectivity index (χ4v) is 4.13. The summed E-state index contributed by atoms with van der Waals surface area (Å²) in [7, 11) is 2.32. The lowest BCUT2D eigenvalue weighted by atomic mass is 9.68. The molecule has 0 heterocycles. The summed E-state index contributed by atoms with van der Waals surface area (Å²) < 4.78 is 0. The summed E-state index contributed by atoms with van der Waals surface area (Å²) in [6.45, 7) is 8.05. The first-order valence-electron chi connectivity index (χ1n) is 8.35. The van der Waals surface area contributed by atoms with Gasteiger partial charge in [0.05, 0.1) is 0 Å². The van der Waals surface area contributed by atoms with Crippen molar-refractivity contribution in [2.45, 2.75) is 77.8 Å². The largest absolute Gasteiger partial charge is 0.329 e. The summed E-state index contributed by atoms with van der Waals surface area (Å²) >= 11 is 0. The molecule has 0 aliphatic heterocycles. The first kappa shape index (κ1) is 15.3. The zero-order valence-corrected chi connectivity index (χ0v) is 13.5. The highest BCUT2D eigenvalue weighted by molar-refractivity contribution is 4.90. The molecule has 1 atom stereocenters. The highest BCUT2D eigenvalue weighted by Crippen LogP contribution is 2.41. The molecule has 2 aliphatic carbocycles. The molecule has 2 N–H and O–H groups in total. The minimum Gasteiger partial charge on any atom is -0.329 e. The fraction of sp³-hybridized carbons (Fsp3) is 1.00. The number of hydrogen-bond donors (Lipinski definition) is 1. The van der Waals surface area contributed by atoms with Crippen molar-refractivity contribution in [1.82, 2.24) is 4.90 Å².